The summed E-state index contributed by atoms with van der Waals surface area (Å²) in [6, 6.07) is 13.8. The lowest BCUT2D eigenvalue weighted by Gasteiger charge is -2.14. The first-order valence-corrected chi connectivity index (χ1v) is 10.3. The lowest BCUT2D eigenvalue weighted by Crippen LogP contribution is -2.19. The third-order valence-corrected chi connectivity index (χ3v) is 4.85. The quantitative estimate of drug-likeness (QED) is 0.360. The highest BCUT2D eigenvalue weighted by atomic mass is 19.3. The Labute approximate surface area is 197 Å². The number of aromatic nitrogens is 4. The van der Waals surface area contributed by atoms with Gasteiger partial charge in [-0.15, -0.1) is 0 Å². The highest BCUT2D eigenvalue weighted by molar-refractivity contribution is 5.87. The van der Waals surface area contributed by atoms with Gasteiger partial charge in [0.15, 0.2) is 11.5 Å². The number of anilines is 1. The Morgan fingerprint density at radius 2 is 2.00 bits per heavy atom. The maximum absolute atomic E-state index is 15.1. The molecular weight excluding hydrogens is 461 g/mol. The fraction of sp³-hybridized carbons (Fsp3) is 0.0833. The molecule has 0 aliphatic heterocycles. The maximum atomic E-state index is 15.1. The number of allylic oxidation sites excluding steroid dienone is 1. The van der Waals surface area contributed by atoms with Crippen LogP contribution in [0.5, 0.6) is 5.88 Å². The van der Waals surface area contributed by atoms with Gasteiger partial charge in [0, 0.05) is 36.3 Å². The number of halogens is 3. The number of hydrogen-bond donors (Lipinski definition) is 2. The van der Waals surface area contributed by atoms with Crippen LogP contribution in [0.15, 0.2) is 77.9 Å². The lowest BCUT2D eigenvalue weighted by molar-refractivity contribution is -0.0544. The van der Waals surface area contributed by atoms with Crippen LogP contribution in [-0.2, 0) is 0 Å². The molecule has 178 valence electrons. The van der Waals surface area contributed by atoms with Crippen LogP contribution >= 0.6 is 0 Å². The van der Waals surface area contributed by atoms with Crippen molar-refractivity contribution in [1.82, 2.24) is 19.6 Å². The first-order valence-electron chi connectivity index (χ1n) is 10.3. The smallest absolute Gasteiger partial charge is 0.388 e. The summed E-state index contributed by atoms with van der Waals surface area (Å²) in [5.74, 6) is -0.994. The maximum Gasteiger partial charge on any atom is 0.388 e. The SMILES string of the molecule is Cc1cccc(N/C(=C\C=N)c2nn(-c3ccc(-n4nccc4OC(F)F)cc3F)ccc2=O)c1. The summed E-state index contributed by atoms with van der Waals surface area (Å²) in [7, 11) is 0. The molecule has 0 spiro atoms. The summed E-state index contributed by atoms with van der Waals surface area (Å²) in [5.41, 5.74) is 1.63. The topological polar surface area (TPSA) is 97.8 Å². The van der Waals surface area contributed by atoms with Gasteiger partial charge < -0.3 is 15.5 Å². The van der Waals surface area contributed by atoms with E-state index in [2.05, 4.69) is 20.3 Å². The van der Waals surface area contributed by atoms with E-state index in [0.717, 1.165) is 22.5 Å². The molecule has 0 unspecified atom stereocenters. The first kappa shape index (κ1) is 23.5. The number of ether oxygens (including phenoxy) is 1. The van der Waals surface area contributed by atoms with E-state index in [0.29, 0.717) is 5.69 Å². The van der Waals surface area contributed by atoms with Gasteiger partial charge in [-0.05, 0) is 42.8 Å². The molecule has 0 aliphatic carbocycles. The number of hydrogen-bond acceptors (Lipinski definition) is 6. The number of rotatable bonds is 8. The van der Waals surface area contributed by atoms with Crippen LogP contribution in [0, 0.1) is 18.2 Å². The molecule has 0 radical (unpaired) electrons. The third-order valence-electron chi connectivity index (χ3n) is 4.85. The Morgan fingerprint density at radius 1 is 1.17 bits per heavy atom. The van der Waals surface area contributed by atoms with E-state index in [1.807, 2.05) is 25.1 Å². The van der Waals surface area contributed by atoms with Gasteiger partial charge >= 0.3 is 6.61 Å². The summed E-state index contributed by atoms with van der Waals surface area (Å²) in [4.78, 5) is 12.6. The number of benzene rings is 2. The number of nitrogens with zero attached hydrogens (tertiary/aromatic N) is 4. The van der Waals surface area contributed by atoms with Crippen LogP contribution in [0.2, 0.25) is 0 Å². The van der Waals surface area contributed by atoms with Crippen molar-refractivity contribution in [1.29, 1.82) is 5.41 Å². The predicted octanol–water partition coefficient (Wildman–Crippen LogP) is 4.57. The highest BCUT2D eigenvalue weighted by Crippen LogP contribution is 2.23. The van der Waals surface area contributed by atoms with Crippen molar-refractivity contribution in [2.75, 3.05) is 5.32 Å². The average Bonchev–Trinajstić information content (AvgIpc) is 3.27. The van der Waals surface area contributed by atoms with Gasteiger partial charge in [0.1, 0.15) is 5.69 Å². The molecule has 0 saturated heterocycles. The highest BCUT2D eigenvalue weighted by Gasteiger charge is 2.15. The van der Waals surface area contributed by atoms with Crippen molar-refractivity contribution in [2.45, 2.75) is 13.5 Å². The Kier molecular flexibility index (Phi) is 6.76. The second-order valence-corrected chi connectivity index (χ2v) is 7.31. The van der Waals surface area contributed by atoms with E-state index in [9.17, 15) is 13.6 Å². The van der Waals surface area contributed by atoms with Crippen LogP contribution in [0.3, 0.4) is 0 Å². The van der Waals surface area contributed by atoms with Gasteiger partial charge in [-0.3, -0.25) is 4.79 Å². The van der Waals surface area contributed by atoms with E-state index in [-0.39, 0.29) is 28.6 Å². The van der Waals surface area contributed by atoms with E-state index in [4.69, 9.17) is 5.41 Å². The Hall–Kier alpha value is -4.67. The standard InChI is InChI=1S/C24H19F3N6O2/c1-15-3-2-4-16(13-15)30-19(7-10-28)23-21(34)9-12-32(31-23)20-6-5-17(14-18(20)25)33-22(8-11-29-33)35-24(26)27/h2-14,24,28,30H,1H3/b19-7-,28-10?. The minimum atomic E-state index is -3.06. The minimum Gasteiger partial charge on any atom is -0.417 e. The molecule has 0 amide bonds. The van der Waals surface area contributed by atoms with Crippen LogP contribution in [0.25, 0.3) is 17.1 Å². The Balaban J connectivity index is 1.70. The first-order chi connectivity index (χ1) is 16.9. The fourth-order valence-corrected chi connectivity index (χ4v) is 3.35. The molecule has 35 heavy (non-hydrogen) atoms. The van der Waals surface area contributed by atoms with Gasteiger partial charge in [-0.2, -0.15) is 19.0 Å². The molecule has 11 heteroatoms. The number of alkyl halides is 2. The summed E-state index contributed by atoms with van der Waals surface area (Å²) in [5, 5.41) is 18.7. The molecule has 4 aromatic rings. The fourth-order valence-electron chi connectivity index (χ4n) is 3.35. The van der Waals surface area contributed by atoms with Crippen molar-refractivity contribution in [3.63, 3.8) is 0 Å². The van der Waals surface area contributed by atoms with Crippen molar-refractivity contribution >= 4 is 17.6 Å². The second kappa shape index (κ2) is 10.1. The van der Waals surface area contributed by atoms with Crippen LogP contribution in [0.4, 0.5) is 18.9 Å². The van der Waals surface area contributed by atoms with Crippen molar-refractivity contribution < 1.29 is 17.9 Å². The Morgan fingerprint density at radius 3 is 2.71 bits per heavy atom. The molecule has 0 atom stereocenters. The van der Waals surface area contributed by atoms with Gasteiger partial charge in [0.2, 0.25) is 11.3 Å². The molecule has 0 bridgehead atoms. The molecule has 2 N–H and O–H groups in total. The van der Waals surface area contributed by atoms with Gasteiger partial charge in [0.25, 0.3) is 0 Å². The summed E-state index contributed by atoms with van der Waals surface area (Å²) in [6.07, 6.45) is 4.93. The van der Waals surface area contributed by atoms with E-state index in [1.165, 1.54) is 47.4 Å². The summed E-state index contributed by atoms with van der Waals surface area (Å²) < 4.78 is 46.9. The molecule has 2 aromatic carbocycles. The third kappa shape index (κ3) is 5.29. The molecule has 0 fully saturated rings. The van der Waals surface area contributed by atoms with E-state index in [1.54, 1.807) is 6.07 Å². The van der Waals surface area contributed by atoms with Crippen LogP contribution < -0.4 is 15.5 Å². The average molecular weight is 480 g/mol. The zero-order valence-electron chi connectivity index (χ0n) is 18.3. The molecule has 2 heterocycles. The van der Waals surface area contributed by atoms with Crippen LogP contribution in [-0.4, -0.2) is 32.4 Å². The summed E-state index contributed by atoms with van der Waals surface area (Å²) >= 11 is 0. The van der Waals surface area contributed by atoms with Crippen molar-refractivity contribution in [3.8, 4) is 17.3 Å². The summed E-state index contributed by atoms with van der Waals surface area (Å²) in [6.45, 7) is -1.15. The normalized spacial score (nSPS) is 11.5. The second-order valence-electron chi connectivity index (χ2n) is 7.31. The van der Waals surface area contributed by atoms with Gasteiger partial charge in [0.05, 0.1) is 17.6 Å². The van der Waals surface area contributed by atoms with E-state index >= 15 is 4.39 Å². The Bertz CT molecular complexity index is 1460. The van der Waals surface area contributed by atoms with Crippen LogP contribution in [0.1, 0.15) is 11.3 Å². The molecule has 2 aromatic heterocycles. The largest absolute Gasteiger partial charge is 0.417 e. The molecule has 0 aliphatic rings. The van der Waals surface area contributed by atoms with Crippen molar-refractivity contribution in [3.05, 3.63) is 100 Å². The molecule has 8 nitrogen and oxygen atoms in total. The lowest BCUT2D eigenvalue weighted by atomic mass is 10.2. The molecular formula is C24H19F3N6O2. The predicted molar refractivity (Wildman–Crippen MR) is 125 cm³/mol. The number of aryl methyl sites for hydroxylation is 1. The number of nitrogens with one attached hydrogen (secondary N) is 2. The zero-order chi connectivity index (χ0) is 24.9. The molecule has 4 rings (SSSR count). The zero-order valence-corrected chi connectivity index (χ0v) is 18.3. The monoisotopic (exact) mass is 480 g/mol. The van der Waals surface area contributed by atoms with Crippen molar-refractivity contribution in [2.24, 2.45) is 0 Å². The minimum absolute atomic E-state index is 0.00300. The van der Waals surface area contributed by atoms with Gasteiger partial charge in [-0.1, -0.05) is 12.1 Å². The van der Waals surface area contributed by atoms with Gasteiger partial charge in [-0.25, -0.2) is 13.8 Å². The molecule has 0 saturated carbocycles. The van der Waals surface area contributed by atoms with E-state index < -0.39 is 17.9 Å².